The molecule has 0 aliphatic carbocycles. The van der Waals surface area contributed by atoms with E-state index in [0.717, 1.165) is 40.7 Å². The molecule has 1 saturated heterocycles. The van der Waals surface area contributed by atoms with Gasteiger partial charge in [0.15, 0.2) is 0 Å². The standard InChI is InChI=1S/C24H20F5N3O4S/c25-16-2-4-18(5-3-16)37(35,36)32-13-17(26)11-21(32)23(34)31-12-14-7-8-30-20(9-14)19-6-1-15(10-22(19)33)24(27,28)29/h1-10,17,21,33H,11-13H2,(H,31,34)/t17-,21+/m1/s1. The fourth-order valence-electron chi connectivity index (χ4n) is 3.97. The number of hydrogen-bond acceptors (Lipinski definition) is 5. The normalized spacial score (nSPS) is 18.6. The predicted octanol–water partition coefficient (Wildman–Crippen LogP) is 4.03. The van der Waals surface area contributed by atoms with Gasteiger partial charge in [0.2, 0.25) is 15.9 Å². The molecule has 2 atom stereocenters. The van der Waals surface area contributed by atoms with Gasteiger partial charge in [-0.2, -0.15) is 17.5 Å². The Hall–Kier alpha value is -3.58. The quantitative estimate of drug-likeness (QED) is 0.459. The van der Waals surface area contributed by atoms with E-state index in [1.54, 1.807) is 0 Å². The predicted molar refractivity (Wildman–Crippen MR) is 122 cm³/mol. The molecule has 2 N–H and O–H groups in total. The first-order chi connectivity index (χ1) is 17.4. The van der Waals surface area contributed by atoms with Crippen LogP contribution in [0.5, 0.6) is 5.75 Å². The Morgan fingerprint density at radius 3 is 2.46 bits per heavy atom. The van der Waals surface area contributed by atoms with Gasteiger partial charge in [0, 0.05) is 31.3 Å². The summed E-state index contributed by atoms with van der Waals surface area (Å²) in [5.74, 6) is -2.05. The first kappa shape index (κ1) is 26.5. The molecule has 2 aromatic carbocycles. The van der Waals surface area contributed by atoms with Crippen molar-refractivity contribution in [1.82, 2.24) is 14.6 Å². The first-order valence-electron chi connectivity index (χ1n) is 10.9. The van der Waals surface area contributed by atoms with Gasteiger partial charge in [-0.1, -0.05) is 0 Å². The van der Waals surface area contributed by atoms with Crippen LogP contribution in [0.2, 0.25) is 0 Å². The van der Waals surface area contributed by atoms with Crippen molar-refractivity contribution in [2.24, 2.45) is 0 Å². The van der Waals surface area contributed by atoms with E-state index in [1.165, 1.54) is 18.3 Å². The maximum atomic E-state index is 14.2. The third-order valence-corrected chi connectivity index (χ3v) is 7.71. The minimum atomic E-state index is -4.63. The summed E-state index contributed by atoms with van der Waals surface area (Å²) in [7, 11) is -4.28. The molecule has 0 spiro atoms. The number of pyridine rings is 1. The summed E-state index contributed by atoms with van der Waals surface area (Å²) < 4.78 is 92.6. The summed E-state index contributed by atoms with van der Waals surface area (Å²) in [6, 6.07) is 7.99. The van der Waals surface area contributed by atoms with Crippen molar-refractivity contribution in [1.29, 1.82) is 0 Å². The lowest BCUT2D eigenvalue weighted by Gasteiger charge is -2.23. The van der Waals surface area contributed by atoms with Crippen LogP contribution in [-0.2, 0) is 27.5 Å². The zero-order chi connectivity index (χ0) is 27.0. The second-order valence-corrected chi connectivity index (χ2v) is 10.3. The number of rotatable bonds is 6. The van der Waals surface area contributed by atoms with E-state index in [-0.39, 0.29) is 29.1 Å². The highest BCUT2D eigenvalue weighted by molar-refractivity contribution is 7.89. The van der Waals surface area contributed by atoms with Crippen molar-refractivity contribution in [2.75, 3.05) is 6.54 Å². The summed E-state index contributed by atoms with van der Waals surface area (Å²) in [5, 5.41) is 12.6. The Morgan fingerprint density at radius 1 is 1.11 bits per heavy atom. The third kappa shape index (κ3) is 5.72. The van der Waals surface area contributed by atoms with E-state index in [1.807, 2.05) is 0 Å². The number of aromatic nitrogens is 1. The largest absolute Gasteiger partial charge is 0.507 e. The van der Waals surface area contributed by atoms with Crippen molar-refractivity contribution in [3.8, 4) is 17.0 Å². The molecule has 0 bridgehead atoms. The number of aromatic hydroxyl groups is 1. The number of phenolic OH excluding ortho intramolecular Hbond substituents is 1. The van der Waals surface area contributed by atoms with Crippen molar-refractivity contribution in [3.05, 3.63) is 77.7 Å². The van der Waals surface area contributed by atoms with Gasteiger partial charge < -0.3 is 10.4 Å². The molecule has 37 heavy (non-hydrogen) atoms. The van der Waals surface area contributed by atoms with Gasteiger partial charge in [0.1, 0.15) is 23.8 Å². The van der Waals surface area contributed by atoms with Gasteiger partial charge in [0.05, 0.1) is 16.2 Å². The van der Waals surface area contributed by atoms with E-state index in [2.05, 4.69) is 10.3 Å². The number of carbonyl (C=O) groups excluding carboxylic acids is 1. The smallest absolute Gasteiger partial charge is 0.416 e. The maximum Gasteiger partial charge on any atom is 0.416 e. The van der Waals surface area contributed by atoms with Crippen LogP contribution in [0.25, 0.3) is 11.3 Å². The highest BCUT2D eigenvalue weighted by atomic mass is 32.2. The fourth-order valence-corrected chi connectivity index (χ4v) is 5.59. The Labute approximate surface area is 208 Å². The highest BCUT2D eigenvalue weighted by Gasteiger charge is 2.44. The topological polar surface area (TPSA) is 99.6 Å². The summed E-state index contributed by atoms with van der Waals surface area (Å²) in [5.41, 5.74) is -0.405. The number of halogens is 5. The number of amides is 1. The van der Waals surface area contributed by atoms with Crippen molar-refractivity contribution < 1.29 is 40.3 Å². The zero-order valence-electron chi connectivity index (χ0n) is 18.9. The Balaban J connectivity index is 1.49. The molecule has 13 heteroatoms. The molecule has 0 radical (unpaired) electrons. The molecule has 196 valence electrons. The minimum Gasteiger partial charge on any atom is -0.507 e. The molecular weight excluding hydrogens is 521 g/mol. The van der Waals surface area contributed by atoms with Crippen LogP contribution in [0.3, 0.4) is 0 Å². The summed E-state index contributed by atoms with van der Waals surface area (Å²) in [6.45, 7) is -0.669. The van der Waals surface area contributed by atoms with Gasteiger partial charge in [-0.15, -0.1) is 0 Å². The van der Waals surface area contributed by atoms with E-state index in [4.69, 9.17) is 0 Å². The third-order valence-electron chi connectivity index (χ3n) is 5.82. The Bertz CT molecular complexity index is 1410. The summed E-state index contributed by atoms with van der Waals surface area (Å²) in [4.78, 5) is 16.6. The average Bonchev–Trinajstić information content (AvgIpc) is 3.25. The fraction of sp³-hybridized carbons (Fsp3) is 0.250. The number of benzene rings is 2. The van der Waals surface area contributed by atoms with Gasteiger partial charge in [-0.25, -0.2) is 17.2 Å². The minimum absolute atomic E-state index is 0.0359. The molecule has 1 amide bonds. The van der Waals surface area contributed by atoms with E-state index in [9.17, 15) is 40.3 Å². The van der Waals surface area contributed by atoms with E-state index < -0.39 is 58.0 Å². The van der Waals surface area contributed by atoms with Gasteiger partial charge in [-0.05, 0) is 60.2 Å². The molecule has 2 heterocycles. The zero-order valence-corrected chi connectivity index (χ0v) is 19.7. The Kier molecular flexibility index (Phi) is 7.20. The van der Waals surface area contributed by atoms with Crippen LogP contribution in [0.1, 0.15) is 17.5 Å². The number of nitrogens with zero attached hydrogens (tertiary/aromatic N) is 2. The molecule has 7 nitrogen and oxygen atoms in total. The molecule has 1 aliphatic heterocycles. The van der Waals surface area contributed by atoms with Crippen LogP contribution in [-0.4, -0.2) is 47.5 Å². The molecular formula is C24H20F5N3O4S. The van der Waals surface area contributed by atoms with E-state index >= 15 is 0 Å². The van der Waals surface area contributed by atoms with Crippen molar-refractivity contribution in [2.45, 2.75) is 36.3 Å². The number of hydrogen-bond donors (Lipinski definition) is 2. The lowest BCUT2D eigenvalue weighted by molar-refractivity contribution is -0.137. The second-order valence-electron chi connectivity index (χ2n) is 8.37. The lowest BCUT2D eigenvalue weighted by atomic mass is 10.0. The number of carbonyl (C=O) groups is 1. The summed E-state index contributed by atoms with van der Waals surface area (Å²) >= 11 is 0. The van der Waals surface area contributed by atoms with Gasteiger partial charge >= 0.3 is 6.18 Å². The number of nitrogens with one attached hydrogen (secondary N) is 1. The second kappa shape index (κ2) is 10.1. The molecule has 1 aromatic heterocycles. The van der Waals surface area contributed by atoms with Crippen LogP contribution in [0.15, 0.2) is 65.7 Å². The molecule has 0 saturated carbocycles. The molecule has 1 fully saturated rings. The highest BCUT2D eigenvalue weighted by Crippen LogP contribution is 2.36. The van der Waals surface area contributed by atoms with Gasteiger partial charge in [-0.3, -0.25) is 9.78 Å². The molecule has 4 rings (SSSR count). The number of alkyl halides is 4. The van der Waals surface area contributed by atoms with Crippen LogP contribution >= 0.6 is 0 Å². The van der Waals surface area contributed by atoms with Crippen LogP contribution < -0.4 is 5.32 Å². The average molecular weight is 541 g/mol. The Morgan fingerprint density at radius 2 is 1.81 bits per heavy atom. The first-order valence-corrected chi connectivity index (χ1v) is 12.3. The van der Waals surface area contributed by atoms with E-state index in [0.29, 0.717) is 11.6 Å². The van der Waals surface area contributed by atoms with Crippen molar-refractivity contribution in [3.63, 3.8) is 0 Å². The number of phenols is 1. The lowest BCUT2D eigenvalue weighted by Crippen LogP contribution is -2.45. The molecule has 1 aliphatic rings. The van der Waals surface area contributed by atoms with Crippen LogP contribution in [0.4, 0.5) is 22.0 Å². The molecule has 3 aromatic rings. The van der Waals surface area contributed by atoms with Crippen LogP contribution in [0, 0.1) is 5.82 Å². The van der Waals surface area contributed by atoms with Gasteiger partial charge in [0.25, 0.3) is 0 Å². The monoisotopic (exact) mass is 541 g/mol. The maximum absolute atomic E-state index is 14.2. The van der Waals surface area contributed by atoms with Crippen molar-refractivity contribution >= 4 is 15.9 Å². The number of sulfonamides is 1. The summed E-state index contributed by atoms with van der Waals surface area (Å²) in [6.07, 6.45) is -5.26. The SMILES string of the molecule is O=C(NCc1ccnc(-c2ccc(C(F)(F)F)cc2O)c1)[C@@H]1C[C@@H](F)CN1S(=O)(=O)c1ccc(F)cc1. The molecule has 0 unspecified atom stereocenters.